The molecule has 3 amide bonds. The van der Waals surface area contributed by atoms with Crippen LogP contribution in [0.4, 0.5) is 9.18 Å². The highest BCUT2D eigenvalue weighted by Crippen LogP contribution is 2.30. The molecule has 0 unspecified atom stereocenters. The van der Waals surface area contributed by atoms with Gasteiger partial charge in [0.1, 0.15) is 11.4 Å². The minimum Gasteiger partial charge on any atom is -0.319 e. The van der Waals surface area contributed by atoms with Crippen molar-refractivity contribution in [1.29, 1.82) is 0 Å². The smallest absolute Gasteiger partial charge is 0.319 e. The molecule has 3 aromatic carbocycles. The maximum atomic E-state index is 13.2. The SMILES string of the molecule is C[C@]1(c2ccc(F)cc2)NC(=O)N(Cc2ccc(-c3ccccc3)cc2)C1=O. The number of carbonyl (C=O) groups is 2. The molecule has 140 valence electrons. The molecule has 0 radical (unpaired) electrons. The van der Waals surface area contributed by atoms with E-state index < -0.39 is 11.6 Å². The van der Waals surface area contributed by atoms with Crippen LogP contribution in [0.25, 0.3) is 11.1 Å². The number of benzene rings is 3. The molecular formula is C23H19FN2O2. The Morgan fingerprint density at radius 2 is 1.46 bits per heavy atom. The van der Waals surface area contributed by atoms with E-state index in [0.717, 1.165) is 16.7 Å². The fourth-order valence-electron chi connectivity index (χ4n) is 3.44. The molecule has 4 nitrogen and oxygen atoms in total. The van der Waals surface area contributed by atoms with Gasteiger partial charge in [0.05, 0.1) is 6.54 Å². The van der Waals surface area contributed by atoms with Crippen molar-refractivity contribution in [3.05, 3.63) is 95.8 Å². The first-order valence-electron chi connectivity index (χ1n) is 9.02. The largest absolute Gasteiger partial charge is 0.325 e. The van der Waals surface area contributed by atoms with E-state index in [1.54, 1.807) is 6.92 Å². The van der Waals surface area contributed by atoms with Gasteiger partial charge in [0.15, 0.2) is 0 Å². The summed E-state index contributed by atoms with van der Waals surface area (Å²) in [6.45, 7) is 1.81. The summed E-state index contributed by atoms with van der Waals surface area (Å²) in [5, 5.41) is 2.74. The van der Waals surface area contributed by atoms with Crippen LogP contribution in [-0.4, -0.2) is 16.8 Å². The normalized spacial score (nSPS) is 19.0. The van der Waals surface area contributed by atoms with E-state index in [-0.39, 0.29) is 18.3 Å². The molecule has 1 atom stereocenters. The van der Waals surface area contributed by atoms with E-state index >= 15 is 0 Å². The first-order valence-corrected chi connectivity index (χ1v) is 9.02. The molecule has 28 heavy (non-hydrogen) atoms. The standard InChI is InChI=1S/C23H19FN2O2/c1-23(19-11-13-20(24)14-12-19)21(27)26(22(28)25-23)15-16-7-9-18(10-8-16)17-5-3-2-4-6-17/h2-14H,15H2,1H3,(H,25,28)/t23-/m1/s1. The Hall–Kier alpha value is -3.47. The van der Waals surface area contributed by atoms with Crippen molar-refractivity contribution in [2.24, 2.45) is 0 Å². The molecule has 1 aliphatic heterocycles. The quantitative estimate of drug-likeness (QED) is 0.686. The van der Waals surface area contributed by atoms with Crippen molar-refractivity contribution in [3.63, 3.8) is 0 Å². The van der Waals surface area contributed by atoms with Crippen molar-refractivity contribution >= 4 is 11.9 Å². The van der Waals surface area contributed by atoms with Gasteiger partial charge in [-0.1, -0.05) is 66.7 Å². The van der Waals surface area contributed by atoms with Gasteiger partial charge in [0.25, 0.3) is 5.91 Å². The molecule has 1 aliphatic rings. The Bertz CT molecular complexity index is 1020. The van der Waals surface area contributed by atoms with E-state index in [0.29, 0.717) is 5.56 Å². The summed E-state index contributed by atoms with van der Waals surface area (Å²) < 4.78 is 13.2. The summed E-state index contributed by atoms with van der Waals surface area (Å²) in [5.74, 6) is -0.740. The van der Waals surface area contributed by atoms with Crippen LogP contribution in [0.2, 0.25) is 0 Å². The van der Waals surface area contributed by atoms with Gasteiger partial charge < -0.3 is 5.32 Å². The van der Waals surface area contributed by atoms with Crippen molar-refractivity contribution < 1.29 is 14.0 Å². The Labute approximate surface area is 162 Å². The van der Waals surface area contributed by atoms with E-state index in [1.807, 2.05) is 54.6 Å². The van der Waals surface area contributed by atoms with Crippen LogP contribution >= 0.6 is 0 Å². The molecule has 0 bridgehead atoms. The number of nitrogens with one attached hydrogen (secondary N) is 1. The predicted octanol–water partition coefficient (Wildman–Crippen LogP) is 4.46. The third kappa shape index (κ3) is 3.16. The fourth-order valence-corrected chi connectivity index (χ4v) is 3.44. The van der Waals surface area contributed by atoms with E-state index in [2.05, 4.69) is 5.32 Å². The number of hydrogen-bond donors (Lipinski definition) is 1. The summed E-state index contributed by atoms with van der Waals surface area (Å²) in [5.41, 5.74) is 2.38. The molecule has 1 heterocycles. The zero-order chi connectivity index (χ0) is 19.7. The average Bonchev–Trinajstić information content (AvgIpc) is 2.93. The van der Waals surface area contributed by atoms with Gasteiger partial charge >= 0.3 is 6.03 Å². The zero-order valence-corrected chi connectivity index (χ0v) is 15.4. The molecule has 1 N–H and O–H groups in total. The van der Waals surface area contributed by atoms with Gasteiger partial charge in [0, 0.05) is 0 Å². The third-order valence-corrected chi connectivity index (χ3v) is 5.10. The first-order chi connectivity index (χ1) is 13.5. The number of carbonyl (C=O) groups excluding carboxylic acids is 2. The van der Waals surface area contributed by atoms with Gasteiger partial charge in [0.2, 0.25) is 0 Å². The predicted molar refractivity (Wildman–Crippen MR) is 105 cm³/mol. The number of halogens is 1. The molecule has 0 aromatic heterocycles. The van der Waals surface area contributed by atoms with E-state index in [1.165, 1.54) is 29.2 Å². The summed E-state index contributed by atoms with van der Waals surface area (Å²) in [4.78, 5) is 26.6. The van der Waals surface area contributed by atoms with Crippen LogP contribution in [0.1, 0.15) is 18.1 Å². The van der Waals surface area contributed by atoms with Gasteiger partial charge in [-0.15, -0.1) is 0 Å². The van der Waals surface area contributed by atoms with Crippen LogP contribution in [0.3, 0.4) is 0 Å². The first kappa shape index (κ1) is 17.9. The molecule has 0 aliphatic carbocycles. The summed E-state index contributed by atoms with van der Waals surface area (Å²) in [6.07, 6.45) is 0. The molecular weight excluding hydrogens is 355 g/mol. The van der Waals surface area contributed by atoms with Gasteiger partial charge in [-0.05, 0) is 41.3 Å². The highest BCUT2D eigenvalue weighted by molar-refractivity contribution is 6.07. The molecule has 3 aromatic rings. The molecule has 0 saturated carbocycles. The van der Waals surface area contributed by atoms with Crippen LogP contribution in [-0.2, 0) is 16.9 Å². The lowest BCUT2D eigenvalue weighted by Gasteiger charge is -2.22. The zero-order valence-electron chi connectivity index (χ0n) is 15.4. The number of urea groups is 1. The average molecular weight is 374 g/mol. The topological polar surface area (TPSA) is 49.4 Å². The summed E-state index contributed by atoms with van der Waals surface area (Å²) >= 11 is 0. The van der Waals surface area contributed by atoms with Crippen LogP contribution < -0.4 is 5.32 Å². The lowest BCUT2D eigenvalue weighted by atomic mass is 9.92. The van der Waals surface area contributed by atoms with Crippen LogP contribution in [0.15, 0.2) is 78.9 Å². The second-order valence-electron chi connectivity index (χ2n) is 7.02. The van der Waals surface area contributed by atoms with Crippen molar-refractivity contribution in [1.82, 2.24) is 10.2 Å². The lowest BCUT2D eigenvalue weighted by molar-refractivity contribution is -0.131. The number of imide groups is 1. The summed E-state index contributed by atoms with van der Waals surface area (Å²) in [6, 6.07) is 22.9. The van der Waals surface area contributed by atoms with E-state index in [4.69, 9.17) is 0 Å². The Kier molecular flexibility index (Phi) is 4.43. The monoisotopic (exact) mass is 374 g/mol. The number of amides is 3. The van der Waals surface area contributed by atoms with Crippen molar-refractivity contribution in [2.45, 2.75) is 19.0 Å². The molecule has 1 saturated heterocycles. The molecule has 0 spiro atoms. The highest BCUT2D eigenvalue weighted by atomic mass is 19.1. The number of rotatable bonds is 4. The van der Waals surface area contributed by atoms with Crippen molar-refractivity contribution in [3.8, 4) is 11.1 Å². The maximum Gasteiger partial charge on any atom is 0.325 e. The van der Waals surface area contributed by atoms with Crippen molar-refractivity contribution in [2.75, 3.05) is 0 Å². The number of nitrogens with zero attached hydrogens (tertiary/aromatic N) is 1. The Morgan fingerprint density at radius 3 is 2.11 bits per heavy atom. The minimum absolute atomic E-state index is 0.177. The van der Waals surface area contributed by atoms with Gasteiger partial charge in [-0.2, -0.15) is 0 Å². The van der Waals surface area contributed by atoms with Crippen LogP contribution in [0.5, 0.6) is 0 Å². The van der Waals surface area contributed by atoms with E-state index in [9.17, 15) is 14.0 Å². The second-order valence-corrected chi connectivity index (χ2v) is 7.02. The molecule has 5 heteroatoms. The minimum atomic E-state index is -1.20. The summed E-state index contributed by atoms with van der Waals surface area (Å²) in [7, 11) is 0. The fraction of sp³-hybridized carbons (Fsp3) is 0.130. The lowest BCUT2D eigenvalue weighted by Crippen LogP contribution is -2.40. The highest BCUT2D eigenvalue weighted by Gasteiger charge is 2.48. The van der Waals surface area contributed by atoms with Gasteiger partial charge in [-0.3, -0.25) is 9.69 Å². The molecule has 4 rings (SSSR count). The Balaban J connectivity index is 1.54. The third-order valence-electron chi connectivity index (χ3n) is 5.10. The molecule has 1 fully saturated rings. The second kappa shape index (κ2) is 6.93. The van der Waals surface area contributed by atoms with Crippen LogP contribution in [0, 0.1) is 5.82 Å². The number of hydrogen-bond acceptors (Lipinski definition) is 2. The Morgan fingerprint density at radius 1 is 0.857 bits per heavy atom. The van der Waals surface area contributed by atoms with Gasteiger partial charge in [-0.25, -0.2) is 9.18 Å². The maximum absolute atomic E-state index is 13.2.